The van der Waals surface area contributed by atoms with Crippen LogP contribution in [0.2, 0.25) is 0 Å². The van der Waals surface area contributed by atoms with E-state index in [2.05, 4.69) is 39.5 Å². The molecule has 0 spiro atoms. The first-order chi connectivity index (χ1) is 7.96. The summed E-state index contributed by atoms with van der Waals surface area (Å²) < 4.78 is 0. The number of rotatable bonds is 9. The zero-order valence-corrected chi connectivity index (χ0v) is 12.6. The minimum atomic E-state index is 0.207. The van der Waals surface area contributed by atoms with E-state index in [0.717, 1.165) is 25.8 Å². The number of nitrogens with zero attached hydrogens (tertiary/aromatic N) is 1. The third-order valence-electron chi connectivity index (χ3n) is 3.58. The monoisotopic (exact) mass is 241 g/mol. The van der Waals surface area contributed by atoms with Crippen molar-refractivity contribution < 1.29 is 4.79 Å². The molecule has 0 bridgehead atoms. The third kappa shape index (κ3) is 6.21. The molecule has 0 saturated carbocycles. The second-order valence-electron chi connectivity index (χ2n) is 5.57. The van der Waals surface area contributed by atoms with Gasteiger partial charge in [-0.25, -0.2) is 0 Å². The molecule has 0 N–H and O–H groups in total. The summed E-state index contributed by atoms with van der Waals surface area (Å²) in [6, 6.07) is 0.561. The Morgan fingerprint density at radius 2 is 1.53 bits per heavy atom. The lowest BCUT2D eigenvalue weighted by Gasteiger charge is -2.32. The van der Waals surface area contributed by atoms with Gasteiger partial charge in [0.1, 0.15) is 5.78 Å². The van der Waals surface area contributed by atoms with Crippen LogP contribution in [-0.2, 0) is 4.79 Å². The molecule has 0 aliphatic rings. The first kappa shape index (κ1) is 16.6. The van der Waals surface area contributed by atoms with Crippen LogP contribution in [0.15, 0.2) is 0 Å². The lowest BCUT2D eigenvalue weighted by atomic mass is 10.0. The fraction of sp³-hybridized carbons (Fsp3) is 0.933. The maximum Gasteiger partial charge on any atom is 0.149 e. The van der Waals surface area contributed by atoms with E-state index in [1.54, 1.807) is 0 Å². The molecule has 0 amide bonds. The molecule has 1 unspecified atom stereocenters. The molecule has 1 atom stereocenters. The van der Waals surface area contributed by atoms with Gasteiger partial charge in [-0.15, -0.1) is 0 Å². The first-order valence-corrected chi connectivity index (χ1v) is 7.22. The first-order valence-electron chi connectivity index (χ1n) is 7.22. The predicted molar refractivity (Wildman–Crippen MR) is 75.2 cm³/mol. The van der Waals surface area contributed by atoms with Crippen LogP contribution in [0.3, 0.4) is 0 Å². The SMILES string of the molecule is CCC(C)C(=O)CN(CC(C)C)C(CC)CC. The van der Waals surface area contributed by atoms with E-state index in [1.165, 1.54) is 0 Å². The summed E-state index contributed by atoms with van der Waals surface area (Å²) in [7, 11) is 0. The number of carbonyl (C=O) groups is 1. The Bertz CT molecular complexity index is 209. The maximum atomic E-state index is 12.1. The highest BCUT2D eigenvalue weighted by atomic mass is 16.1. The smallest absolute Gasteiger partial charge is 0.149 e. The minimum absolute atomic E-state index is 0.207. The van der Waals surface area contributed by atoms with E-state index >= 15 is 0 Å². The third-order valence-corrected chi connectivity index (χ3v) is 3.58. The van der Waals surface area contributed by atoms with E-state index in [1.807, 2.05) is 6.92 Å². The number of carbonyl (C=O) groups excluding carboxylic acids is 1. The molecule has 0 aliphatic carbocycles. The second-order valence-corrected chi connectivity index (χ2v) is 5.57. The molecule has 102 valence electrons. The van der Waals surface area contributed by atoms with Gasteiger partial charge >= 0.3 is 0 Å². The van der Waals surface area contributed by atoms with Gasteiger partial charge in [-0.2, -0.15) is 0 Å². The fourth-order valence-electron chi connectivity index (χ4n) is 2.20. The van der Waals surface area contributed by atoms with Crippen molar-refractivity contribution in [3.63, 3.8) is 0 Å². The van der Waals surface area contributed by atoms with Crippen molar-refractivity contribution in [2.24, 2.45) is 11.8 Å². The lowest BCUT2D eigenvalue weighted by molar-refractivity contribution is -0.124. The van der Waals surface area contributed by atoms with Gasteiger partial charge in [-0.3, -0.25) is 9.69 Å². The standard InChI is InChI=1S/C15H31NO/c1-7-13(6)15(17)11-16(10-12(4)5)14(8-2)9-3/h12-14H,7-11H2,1-6H3. The van der Waals surface area contributed by atoms with Crippen molar-refractivity contribution >= 4 is 5.78 Å². The van der Waals surface area contributed by atoms with Crippen LogP contribution >= 0.6 is 0 Å². The second kappa shape index (κ2) is 8.68. The molecule has 0 aromatic rings. The van der Waals surface area contributed by atoms with Crippen LogP contribution < -0.4 is 0 Å². The van der Waals surface area contributed by atoms with E-state index in [0.29, 0.717) is 24.3 Å². The molecule has 17 heavy (non-hydrogen) atoms. The van der Waals surface area contributed by atoms with Gasteiger partial charge in [0.25, 0.3) is 0 Å². The molecule has 0 radical (unpaired) electrons. The molecular weight excluding hydrogens is 210 g/mol. The van der Waals surface area contributed by atoms with Gasteiger partial charge in [-0.05, 0) is 25.2 Å². The number of ketones is 1. The van der Waals surface area contributed by atoms with Crippen LogP contribution in [-0.4, -0.2) is 29.8 Å². The summed E-state index contributed by atoms with van der Waals surface area (Å²) in [4.78, 5) is 14.4. The van der Waals surface area contributed by atoms with Gasteiger partial charge < -0.3 is 0 Å². The summed E-state index contributed by atoms with van der Waals surface area (Å²) in [5.74, 6) is 1.24. The van der Waals surface area contributed by atoms with Crippen molar-refractivity contribution in [1.29, 1.82) is 0 Å². The Morgan fingerprint density at radius 1 is 1.00 bits per heavy atom. The zero-order chi connectivity index (χ0) is 13.4. The van der Waals surface area contributed by atoms with E-state index in [9.17, 15) is 4.79 Å². The van der Waals surface area contributed by atoms with Crippen LogP contribution in [0.1, 0.15) is 60.8 Å². The maximum absolute atomic E-state index is 12.1. The molecule has 0 aromatic carbocycles. The van der Waals surface area contributed by atoms with Crippen LogP contribution in [0, 0.1) is 11.8 Å². The van der Waals surface area contributed by atoms with Gasteiger partial charge in [0, 0.05) is 18.5 Å². The number of Topliss-reactive ketones (excluding diaryl/α,β-unsaturated/α-hetero) is 1. The summed E-state index contributed by atoms with van der Waals surface area (Å²) in [6.45, 7) is 14.7. The van der Waals surface area contributed by atoms with Crippen LogP contribution in [0.4, 0.5) is 0 Å². The fourth-order valence-corrected chi connectivity index (χ4v) is 2.20. The zero-order valence-electron chi connectivity index (χ0n) is 12.6. The van der Waals surface area contributed by atoms with Crippen molar-refractivity contribution in [3.05, 3.63) is 0 Å². The van der Waals surface area contributed by atoms with Crippen LogP contribution in [0.25, 0.3) is 0 Å². The van der Waals surface area contributed by atoms with Crippen molar-refractivity contribution in [1.82, 2.24) is 4.90 Å². The van der Waals surface area contributed by atoms with Crippen molar-refractivity contribution in [3.8, 4) is 0 Å². The molecule has 0 aromatic heterocycles. The average Bonchev–Trinajstić information content (AvgIpc) is 2.28. The highest BCUT2D eigenvalue weighted by molar-refractivity contribution is 5.82. The summed E-state index contributed by atoms with van der Waals surface area (Å²) in [5, 5.41) is 0. The Labute approximate surface area is 108 Å². The largest absolute Gasteiger partial charge is 0.298 e. The normalized spacial score (nSPS) is 13.7. The Kier molecular flexibility index (Phi) is 8.49. The van der Waals surface area contributed by atoms with Gasteiger partial charge in [0.2, 0.25) is 0 Å². The van der Waals surface area contributed by atoms with Gasteiger partial charge in [0.15, 0.2) is 0 Å². The molecule has 0 saturated heterocycles. The molecule has 0 fully saturated rings. The Balaban J connectivity index is 4.52. The number of hydrogen-bond donors (Lipinski definition) is 0. The molecule has 2 heteroatoms. The molecule has 0 aliphatic heterocycles. The van der Waals surface area contributed by atoms with Crippen LogP contribution in [0.5, 0.6) is 0 Å². The summed E-state index contributed by atoms with van der Waals surface area (Å²) in [5.41, 5.74) is 0. The van der Waals surface area contributed by atoms with E-state index in [-0.39, 0.29) is 5.92 Å². The molecule has 0 heterocycles. The molecular formula is C15H31NO. The summed E-state index contributed by atoms with van der Waals surface area (Å²) >= 11 is 0. The number of hydrogen-bond acceptors (Lipinski definition) is 2. The predicted octanol–water partition coefficient (Wildman–Crippen LogP) is 3.75. The molecule has 0 rings (SSSR count). The van der Waals surface area contributed by atoms with Gasteiger partial charge in [-0.1, -0.05) is 41.5 Å². The highest BCUT2D eigenvalue weighted by Crippen LogP contribution is 2.13. The van der Waals surface area contributed by atoms with Crippen molar-refractivity contribution in [2.45, 2.75) is 66.8 Å². The highest BCUT2D eigenvalue weighted by Gasteiger charge is 2.21. The topological polar surface area (TPSA) is 20.3 Å². The van der Waals surface area contributed by atoms with Gasteiger partial charge in [0.05, 0.1) is 6.54 Å². The minimum Gasteiger partial charge on any atom is -0.298 e. The van der Waals surface area contributed by atoms with Crippen molar-refractivity contribution in [2.75, 3.05) is 13.1 Å². The average molecular weight is 241 g/mol. The Hall–Kier alpha value is -0.370. The van der Waals surface area contributed by atoms with E-state index in [4.69, 9.17) is 0 Å². The van der Waals surface area contributed by atoms with E-state index < -0.39 is 0 Å². The Morgan fingerprint density at radius 3 is 1.88 bits per heavy atom. The quantitative estimate of drug-likeness (QED) is 0.613. The molecule has 2 nitrogen and oxygen atoms in total. The summed E-state index contributed by atoms with van der Waals surface area (Å²) in [6.07, 6.45) is 3.23. The lowest BCUT2D eigenvalue weighted by Crippen LogP contribution is -2.42.